The number of carbonyl (C=O) groups is 3. The van der Waals surface area contributed by atoms with E-state index >= 15 is 0 Å². The summed E-state index contributed by atoms with van der Waals surface area (Å²) >= 11 is 0. The SMILES string of the molecule is COCCNCc1ccc(-c2cc(N(C)C)c3c(c2O)C(=O)C2=C(O)[C@]4(O)C(=O)C(C(N)=O)=C(O)[C@@H](N(C)C)C4CC2C3)o1. The number of Topliss-reactive ketones (excluding diaryl/α,β-unsaturated/α-hetero) is 2. The first-order chi connectivity index (χ1) is 20.7. The van der Waals surface area contributed by atoms with Gasteiger partial charge in [0.2, 0.25) is 5.78 Å². The number of aliphatic hydroxyl groups is 3. The Balaban J connectivity index is 1.64. The zero-order valence-electron chi connectivity index (χ0n) is 25.3. The van der Waals surface area contributed by atoms with Crippen LogP contribution in [0.1, 0.15) is 28.1 Å². The first-order valence-corrected chi connectivity index (χ1v) is 14.2. The molecule has 1 aromatic carbocycles. The number of ketones is 2. The van der Waals surface area contributed by atoms with E-state index in [0.717, 1.165) is 0 Å². The van der Waals surface area contributed by atoms with Crippen molar-refractivity contribution in [3.8, 4) is 17.1 Å². The molecule has 0 saturated carbocycles. The van der Waals surface area contributed by atoms with Gasteiger partial charge in [-0.1, -0.05) is 0 Å². The summed E-state index contributed by atoms with van der Waals surface area (Å²) in [6, 6.07) is 4.11. The van der Waals surface area contributed by atoms with Gasteiger partial charge in [-0.15, -0.1) is 0 Å². The van der Waals surface area contributed by atoms with Gasteiger partial charge in [0.05, 0.1) is 30.3 Å². The maximum absolute atomic E-state index is 14.2. The molecule has 13 nitrogen and oxygen atoms in total. The molecule has 44 heavy (non-hydrogen) atoms. The monoisotopic (exact) mass is 610 g/mol. The molecule has 7 N–H and O–H groups in total. The largest absolute Gasteiger partial charge is 0.510 e. The Labute approximate surface area is 254 Å². The van der Waals surface area contributed by atoms with Crippen LogP contribution in [0, 0.1) is 11.8 Å². The number of nitrogens with two attached hydrogens (primary N) is 1. The Morgan fingerprint density at radius 3 is 2.50 bits per heavy atom. The number of aliphatic hydroxyl groups excluding tert-OH is 2. The lowest BCUT2D eigenvalue weighted by molar-refractivity contribution is -0.148. The standard InChI is InChI=1S/C31H38N4O9/c1-34(2)19-12-17(20-7-6-15(44-20)13-33-8-9-43-5)25(36)22-16(19)10-14-11-18-24(35(3)4)27(38)23(30(32)41)29(40)31(18,42)28(39)21(14)26(22)37/h6-7,12,14,18,24,33,36,38-39,42H,8-11,13H2,1-5H3,(H2,32,41)/t14?,18?,24-,31-/m0/s1. The van der Waals surface area contributed by atoms with Crippen LogP contribution in [0.15, 0.2) is 45.3 Å². The molecule has 0 radical (unpaired) electrons. The Kier molecular flexibility index (Phi) is 8.10. The third-order valence-electron chi connectivity index (χ3n) is 8.89. The average Bonchev–Trinajstić information content (AvgIpc) is 3.41. The second-order valence-electron chi connectivity index (χ2n) is 11.9. The van der Waals surface area contributed by atoms with Crippen LogP contribution >= 0.6 is 0 Å². The van der Waals surface area contributed by atoms with Crippen molar-refractivity contribution in [1.82, 2.24) is 10.2 Å². The van der Waals surface area contributed by atoms with Crippen molar-refractivity contribution in [2.75, 3.05) is 53.4 Å². The molecule has 2 unspecified atom stereocenters. The number of allylic oxidation sites excluding steroid dienone is 1. The molecular weight excluding hydrogens is 572 g/mol. The molecular formula is C31H38N4O9. The van der Waals surface area contributed by atoms with Crippen molar-refractivity contribution in [2.24, 2.45) is 17.6 Å². The summed E-state index contributed by atoms with van der Waals surface area (Å²) in [4.78, 5) is 43.3. The number of primary amides is 1. The topological polar surface area (TPSA) is 199 Å². The maximum atomic E-state index is 14.2. The highest BCUT2D eigenvalue weighted by Crippen LogP contribution is 2.54. The van der Waals surface area contributed by atoms with E-state index in [4.69, 9.17) is 14.9 Å². The molecule has 1 aromatic heterocycles. The molecule has 0 saturated heterocycles. The number of hydrogen-bond acceptors (Lipinski definition) is 12. The number of nitrogens with zero attached hydrogens (tertiary/aromatic N) is 2. The average molecular weight is 611 g/mol. The van der Waals surface area contributed by atoms with Crippen LogP contribution in [0.3, 0.4) is 0 Å². The van der Waals surface area contributed by atoms with Crippen LogP contribution in [-0.2, 0) is 27.3 Å². The quantitative estimate of drug-likeness (QED) is 0.175. The van der Waals surface area contributed by atoms with Gasteiger partial charge in [-0.05, 0) is 56.6 Å². The molecule has 3 aliphatic carbocycles. The van der Waals surface area contributed by atoms with E-state index in [0.29, 0.717) is 42.5 Å². The number of likely N-dealkylation sites (N-methyl/N-ethyl adjacent to an activating group) is 1. The summed E-state index contributed by atoms with van der Waals surface area (Å²) in [5, 5.41) is 49.1. The number of rotatable bonds is 9. The lowest BCUT2D eigenvalue weighted by atomic mass is 9.58. The molecule has 1 amide bonds. The van der Waals surface area contributed by atoms with E-state index in [1.54, 1.807) is 58.4 Å². The number of anilines is 1. The van der Waals surface area contributed by atoms with Crippen LogP contribution in [0.25, 0.3) is 11.3 Å². The van der Waals surface area contributed by atoms with Crippen molar-refractivity contribution in [2.45, 2.75) is 31.0 Å². The van der Waals surface area contributed by atoms with Crippen molar-refractivity contribution in [1.29, 1.82) is 0 Å². The fraction of sp³-hybridized carbons (Fsp3) is 0.452. The van der Waals surface area contributed by atoms with Gasteiger partial charge in [-0.2, -0.15) is 0 Å². The number of benzene rings is 1. The number of methoxy groups -OCH3 is 1. The fourth-order valence-corrected chi connectivity index (χ4v) is 6.89. The van der Waals surface area contributed by atoms with Crippen LogP contribution < -0.4 is 16.0 Å². The van der Waals surface area contributed by atoms with Gasteiger partial charge in [-0.3, -0.25) is 19.3 Å². The number of phenols is 1. The third kappa shape index (κ3) is 4.67. The number of fused-ring (bicyclic) bond motifs is 3. The number of nitrogens with one attached hydrogen (secondary N) is 1. The highest BCUT2D eigenvalue weighted by molar-refractivity contribution is 6.25. The molecule has 4 atom stereocenters. The zero-order valence-corrected chi connectivity index (χ0v) is 25.3. The molecule has 5 rings (SSSR count). The summed E-state index contributed by atoms with van der Waals surface area (Å²) in [6.07, 6.45) is 0.196. The number of hydrogen-bond donors (Lipinski definition) is 6. The summed E-state index contributed by atoms with van der Waals surface area (Å²) in [5.41, 5.74) is 2.99. The highest BCUT2D eigenvalue weighted by Gasteiger charge is 2.63. The number of ether oxygens (including phenoxy) is 1. The van der Waals surface area contributed by atoms with Crippen LogP contribution in [0.2, 0.25) is 0 Å². The number of phenolic OH excluding ortho intramolecular Hbond substituents is 1. The molecule has 0 aliphatic heterocycles. The predicted octanol–water partition coefficient (Wildman–Crippen LogP) is 1.18. The van der Waals surface area contributed by atoms with Gasteiger partial charge in [0.15, 0.2) is 11.4 Å². The van der Waals surface area contributed by atoms with Gasteiger partial charge in [0, 0.05) is 44.9 Å². The van der Waals surface area contributed by atoms with Crippen molar-refractivity contribution in [3.63, 3.8) is 0 Å². The predicted molar refractivity (Wildman–Crippen MR) is 159 cm³/mol. The second kappa shape index (κ2) is 11.4. The summed E-state index contributed by atoms with van der Waals surface area (Å²) in [6.45, 7) is 1.54. The minimum Gasteiger partial charge on any atom is -0.510 e. The van der Waals surface area contributed by atoms with Gasteiger partial charge in [0.25, 0.3) is 5.91 Å². The first kappa shape index (κ1) is 31.3. The van der Waals surface area contributed by atoms with E-state index in [2.05, 4.69) is 5.32 Å². The Hall–Kier alpha value is -4.17. The van der Waals surface area contributed by atoms with Gasteiger partial charge in [-0.25, -0.2) is 0 Å². The van der Waals surface area contributed by atoms with E-state index in [1.165, 1.54) is 4.90 Å². The zero-order chi connectivity index (χ0) is 32.2. The molecule has 236 valence electrons. The first-order valence-electron chi connectivity index (χ1n) is 14.2. The molecule has 13 heteroatoms. The van der Waals surface area contributed by atoms with Crippen LogP contribution in [0.4, 0.5) is 5.69 Å². The molecule has 0 spiro atoms. The lowest BCUT2D eigenvalue weighted by Crippen LogP contribution is -2.63. The summed E-state index contributed by atoms with van der Waals surface area (Å²) < 4.78 is 11.0. The minimum absolute atomic E-state index is 0.0127. The summed E-state index contributed by atoms with van der Waals surface area (Å²) in [7, 11) is 8.38. The number of carbonyl (C=O) groups excluding carboxylic acids is 3. The van der Waals surface area contributed by atoms with Gasteiger partial charge in [0.1, 0.15) is 34.4 Å². The molecule has 1 heterocycles. The number of furan rings is 1. The lowest BCUT2D eigenvalue weighted by Gasteiger charge is -2.50. The Morgan fingerprint density at radius 1 is 1.18 bits per heavy atom. The van der Waals surface area contributed by atoms with Gasteiger partial charge >= 0.3 is 0 Å². The number of aromatic hydroxyl groups is 1. The number of amides is 1. The Bertz CT molecular complexity index is 1600. The minimum atomic E-state index is -2.70. The fourth-order valence-electron chi connectivity index (χ4n) is 6.89. The Morgan fingerprint density at radius 2 is 1.89 bits per heavy atom. The van der Waals surface area contributed by atoms with Gasteiger partial charge < -0.3 is 45.5 Å². The van der Waals surface area contributed by atoms with Crippen molar-refractivity contribution < 1.29 is 44.0 Å². The summed E-state index contributed by atoms with van der Waals surface area (Å²) in [5.74, 6) is -6.03. The molecule has 0 fully saturated rings. The van der Waals surface area contributed by atoms with E-state index in [9.17, 15) is 34.8 Å². The van der Waals surface area contributed by atoms with Crippen molar-refractivity contribution in [3.05, 3.63) is 57.8 Å². The molecule has 0 bridgehead atoms. The highest BCUT2D eigenvalue weighted by atomic mass is 16.5. The van der Waals surface area contributed by atoms with Crippen LogP contribution in [-0.4, -0.2) is 103 Å². The second-order valence-corrected chi connectivity index (χ2v) is 11.9. The van der Waals surface area contributed by atoms with E-state index < -0.39 is 58.0 Å². The smallest absolute Gasteiger partial charge is 0.255 e. The third-order valence-corrected chi connectivity index (χ3v) is 8.89. The normalized spacial score (nSPS) is 24.8. The maximum Gasteiger partial charge on any atom is 0.255 e. The molecule has 3 aliphatic rings. The van der Waals surface area contributed by atoms with Crippen molar-refractivity contribution >= 4 is 23.2 Å². The van der Waals surface area contributed by atoms with E-state index in [-0.39, 0.29) is 35.3 Å². The molecule has 2 aromatic rings. The van der Waals surface area contributed by atoms with Crippen LogP contribution in [0.5, 0.6) is 5.75 Å². The van der Waals surface area contributed by atoms with E-state index in [1.807, 2.05) is 0 Å².